The molecule has 0 saturated carbocycles. The van der Waals surface area contributed by atoms with Gasteiger partial charge < -0.3 is 4.42 Å². The summed E-state index contributed by atoms with van der Waals surface area (Å²) >= 11 is 6.13. The number of imidazole rings is 1. The predicted molar refractivity (Wildman–Crippen MR) is 108 cm³/mol. The van der Waals surface area contributed by atoms with Crippen molar-refractivity contribution in [1.29, 1.82) is 0 Å². The minimum absolute atomic E-state index is 0.109. The highest BCUT2D eigenvalue weighted by Crippen LogP contribution is 2.29. The smallest absolute Gasteiger partial charge is 0.202 e. The van der Waals surface area contributed by atoms with Crippen LogP contribution in [0.1, 0.15) is 5.76 Å². The van der Waals surface area contributed by atoms with E-state index in [2.05, 4.69) is 15.0 Å². The lowest BCUT2D eigenvalue weighted by atomic mass is 10.0. The van der Waals surface area contributed by atoms with Crippen molar-refractivity contribution >= 4 is 33.7 Å². The Morgan fingerprint density at radius 3 is 2.64 bits per heavy atom. The number of hydrogen-bond acceptors (Lipinski definition) is 5. The zero-order valence-corrected chi connectivity index (χ0v) is 15.5. The van der Waals surface area contributed by atoms with Crippen LogP contribution in [0.2, 0.25) is 5.15 Å². The number of rotatable bonds is 2. The lowest BCUT2D eigenvalue weighted by Crippen LogP contribution is -2.10. The maximum Gasteiger partial charge on any atom is 0.202 e. The normalized spacial score (nSPS) is 11.4. The van der Waals surface area contributed by atoms with Crippen molar-refractivity contribution in [2.75, 3.05) is 0 Å². The monoisotopic (exact) mass is 388 g/mol. The zero-order valence-electron chi connectivity index (χ0n) is 14.8. The molecule has 2 aromatic carbocycles. The Balaban J connectivity index is 1.88. The molecule has 5 rings (SSSR count). The quantitative estimate of drug-likeness (QED) is 0.415. The molecule has 3 heterocycles. The van der Waals surface area contributed by atoms with Gasteiger partial charge >= 0.3 is 0 Å². The highest BCUT2D eigenvalue weighted by molar-refractivity contribution is 6.33. The molecule has 28 heavy (non-hydrogen) atoms. The van der Waals surface area contributed by atoms with Gasteiger partial charge in [-0.3, -0.25) is 9.36 Å². The molecule has 0 fully saturated rings. The van der Waals surface area contributed by atoms with Gasteiger partial charge in [0.15, 0.2) is 10.8 Å². The lowest BCUT2D eigenvalue weighted by molar-refractivity contribution is 0.567. The fourth-order valence-corrected chi connectivity index (χ4v) is 3.63. The van der Waals surface area contributed by atoms with Crippen molar-refractivity contribution in [1.82, 2.24) is 19.5 Å². The van der Waals surface area contributed by atoms with E-state index in [1.807, 2.05) is 42.5 Å². The Morgan fingerprint density at radius 2 is 1.82 bits per heavy atom. The van der Waals surface area contributed by atoms with Gasteiger partial charge in [0.05, 0.1) is 16.6 Å². The van der Waals surface area contributed by atoms with E-state index >= 15 is 0 Å². The molecule has 0 N–H and O–H groups in total. The van der Waals surface area contributed by atoms with Crippen LogP contribution in [-0.4, -0.2) is 19.5 Å². The fourth-order valence-electron chi connectivity index (χ4n) is 3.46. The molecule has 0 unspecified atom stereocenters. The molecule has 7 heteroatoms. The van der Waals surface area contributed by atoms with Crippen LogP contribution in [0.25, 0.3) is 38.9 Å². The van der Waals surface area contributed by atoms with Crippen molar-refractivity contribution in [2.45, 2.75) is 6.92 Å². The average Bonchev–Trinajstić information content (AvgIpc) is 3.13. The van der Waals surface area contributed by atoms with Crippen LogP contribution >= 0.6 is 11.6 Å². The van der Waals surface area contributed by atoms with Crippen LogP contribution in [0.3, 0.4) is 0 Å². The first-order valence-corrected chi connectivity index (χ1v) is 8.98. The SMILES string of the molecule is Cc1oc2cccc(-n3cnc4c(Cl)ncnc43)c2c(=O)c1-c1ccccc1. The van der Waals surface area contributed by atoms with Gasteiger partial charge in [-0.15, -0.1) is 0 Å². The topological polar surface area (TPSA) is 73.8 Å². The highest BCUT2D eigenvalue weighted by atomic mass is 35.5. The highest BCUT2D eigenvalue weighted by Gasteiger charge is 2.18. The van der Waals surface area contributed by atoms with Gasteiger partial charge in [-0.2, -0.15) is 0 Å². The van der Waals surface area contributed by atoms with E-state index in [-0.39, 0.29) is 10.6 Å². The second-order valence-corrected chi connectivity index (χ2v) is 6.69. The third-order valence-electron chi connectivity index (χ3n) is 4.68. The number of fused-ring (bicyclic) bond motifs is 2. The summed E-state index contributed by atoms with van der Waals surface area (Å²) < 4.78 is 7.74. The van der Waals surface area contributed by atoms with Crippen molar-refractivity contribution in [3.05, 3.63) is 82.3 Å². The van der Waals surface area contributed by atoms with E-state index < -0.39 is 0 Å². The minimum Gasteiger partial charge on any atom is -0.460 e. The molecule has 0 saturated heterocycles. The molecule has 0 aliphatic heterocycles. The molecule has 136 valence electrons. The van der Waals surface area contributed by atoms with Crippen LogP contribution in [0.5, 0.6) is 0 Å². The van der Waals surface area contributed by atoms with E-state index in [1.165, 1.54) is 6.33 Å². The molecule has 0 spiro atoms. The third-order valence-corrected chi connectivity index (χ3v) is 4.96. The van der Waals surface area contributed by atoms with Gasteiger partial charge in [-0.1, -0.05) is 48.0 Å². The molecular formula is C21H13ClN4O2. The molecule has 0 aliphatic rings. The van der Waals surface area contributed by atoms with Crippen LogP contribution in [0, 0.1) is 6.92 Å². The van der Waals surface area contributed by atoms with E-state index in [9.17, 15) is 4.79 Å². The van der Waals surface area contributed by atoms with Crippen LogP contribution in [0.4, 0.5) is 0 Å². The Hall–Kier alpha value is -3.51. The molecule has 0 aliphatic carbocycles. The second-order valence-electron chi connectivity index (χ2n) is 6.33. The maximum absolute atomic E-state index is 13.5. The standard InChI is InChI=1S/C21H13ClN4O2/c1-12-16(13-6-3-2-4-7-13)19(27)17-14(8-5-9-15(17)28-12)26-11-25-18-20(22)23-10-24-21(18)26/h2-11H,1H3. The average molecular weight is 389 g/mol. The molecule has 6 nitrogen and oxygen atoms in total. The van der Waals surface area contributed by atoms with Crippen molar-refractivity contribution in [3.63, 3.8) is 0 Å². The largest absolute Gasteiger partial charge is 0.460 e. The number of nitrogens with zero attached hydrogens (tertiary/aromatic N) is 4. The summed E-state index contributed by atoms with van der Waals surface area (Å²) in [6.07, 6.45) is 2.96. The van der Waals surface area contributed by atoms with Gasteiger partial charge in [0, 0.05) is 0 Å². The van der Waals surface area contributed by atoms with E-state index in [4.69, 9.17) is 16.0 Å². The Bertz CT molecular complexity index is 1410. The van der Waals surface area contributed by atoms with Gasteiger partial charge in [0.2, 0.25) is 5.43 Å². The molecule has 5 aromatic rings. The Labute approximate surface area is 164 Å². The number of hydrogen-bond donors (Lipinski definition) is 0. The van der Waals surface area contributed by atoms with Gasteiger partial charge in [-0.25, -0.2) is 15.0 Å². The van der Waals surface area contributed by atoms with Crippen LogP contribution in [0.15, 0.2) is 70.4 Å². The molecule has 0 atom stereocenters. The molecular weight excluding hydrogens is 376 g/mol. The zero-order chi connectivity index (χ0) is 19.3. The molecule has 0 radical (unpaired) electrons. The summed E-state index contributed by atoms with van der Waals surface area (Å²) in [7, 11) is 0. The lowest BCUT2D eigenvalue weighted by Gasteiger charge is -2.11. The van der Waals surface area contributed by atoms with Crippen LogP contribution < -0.4 is 5.43 Å². The predicted octanol–water partition coefficient (Wildman–Crippen LogP) is 4.55. The Morgan fingerprint density at radius 1 is 1.00 bits per heavy atom. The van der Waals surface area contributed by atoms with Gasteiger partial charge in [-0.05, 0) is 24.6 Å². The van der Waals surface area contributed by atoms with E-state index in [0.717, 1.165) is 5.56 Å². The fraction of sp³-hybridized carbons (Fsp3) is 0.0476. The first kappa shape index (κ1) is 16.6. The van der Waals surface area contributed by atoms with E-state index in [1.54, 1.807) is 23.9 Å². The van der Waals surface area contributed by atoms with Gasteiger partial charge in [0.1, 0.15) is 29.5 Å². The summed E-state index contributed by atoms with van der Waals surface area (Å²) in [6, 6.07) is 14.9. The van der Waals surface area contributed by atoms with Crippen LogP contribution in [-0.2, 0) is 0 Å². The summed E-state index contributed by atoms with van der Waals surface area (Å²) in [5, 5.41) is 0.720. The van der Waals surface area contributed by atoms with Gasteiger partial charge in [0.25, 0.3) is 0 Å². The summed E-state index contributed by atoms with van der Waals surface area (Å²) in [4.78, 5) is 26.1. The first-order valence-electron chi connectivity index (χ1n) is 8.61. The second kappa shape index (κ2) is 6.28. The molecule has 0 amide bonds. The number of halogens is 1. The summed E-state index contributed by atoms with van der Waals surface area (Å²) in [5.74, 6) is 0.571. The summed E-state index contributed by atoms with van der Waals surface area (Å²) in [5.41, 5.74) is 3.36. The number of aryl methyl sites for hydroxylation is 1. The molecule has 0 bridgehead atoms. The maximum atomic E-state index is 13.5. The third kappa shape index (κ3) is 2.42. The number of benzene rings is 2. The Kier molecular flexibility index (Phi) is 3.74. The van der Waals surface area contributed by atoms with Crippen molar-refractivity contribution < 1.29 is 4.42 Å². The summed E-state index contributed by atoms with van der Waals surface area (Å²) in [6.45, 7) is 1.80. The van der Waals surface area contributed by atoms with E-state index in [0.29, 0.717) is 39.1 Å². The molecule has 3 aromatic heterocycles. The minimum atomic E-state index is -0.109. The van der Waals surface area contributed by atoms with Crippen molar-refractivity contribution in [2.24, 2.45) is 0 Å². The number of aromatic nitrogens is 4. The van der Waals surface area contributed by atoms with Crippen molar-refractivity contribution in [3.8, 4) is 16.8 Å². The first-order chi connectivity index (χ1) is 13.6.